The molecule has 0 atom stereocenters. The molecule has 1 fully saturated rings. The second-order valence-electron chi connectivity index (χ2n) is 8.09. The number of hydrogen-bond acceptors (Lipinski definition) is 5. The third kappa shape index (κ3) is 5.61. The number of hydrogen-bond donors (Lipinski definition) is 0. The fraction of sp³-hybridized carbons (Fsp3) is 0.524. The number of thiophene rings is 1. The number of furan rings is 1. The maximum absolute atomic E-state index is 13.2. The highest BCUT2D eigenvalue weighted by molar-refractivity contribution is 7.09. The Kier molecular flexibility index (Phi) is 6.44. The van der Waals surface area contributed by atoms with Crippen molar-refractivity contribution >= 4 is 23.3 Å². The first-order valence-electron chi connectivity index (χ1n) is 9.63. The number of piperidine rings is 1. The van der Waals surface area contributed by atoms with Crippen molar-refractivity contribution in [2.45, 2.75) is 52.3 Å². The number of likely N-dealkylation sites (tertiary alicyclic amines) is 1. The summed E-state index contributed by atoms with van der Waals surface area (Å²) in [7, 11) is 0. The number of carbonyl (C=O) groups excluding carboxylic acids is 2. The highest BCUT2D eigenvalue weighted by atomic mass is 32.1. The summed E-state index contributed by atoms with van der Waals surface area (Å²) < 4.78 is 10.9. The van der Waals surface area contributed by atoms with Crippen molar-refractivity contribution in [2.75, 3.05) is 13.1 Å². The number of nitrogens with zero attached hydrogens (tertiary/aromatic N) is 2. The van der Waals surface area contributed by atoms with Crippen molar-refractivity contribution in [1.82, 2.24) is 9.80 Å². The third-order valence-electron chi connectivity index (χ3n) is 4.66. The quantitative estimate of drug-likeness (QED) is 0.735. The molecule has 0 saturated carbocycles. The number of carbonyl (C=O) groups is 2. The molecule has 0 bridgehead atoms. The summed E-state index contributed by atoms with van der Waals surface area (Å²) in [6.07, 6.45) is 2.63. The maximum atomic E-state index is 13.2. The van der Waals surface area contributed by atoms with Crippen LogP contribution in [0.1, 0.15) is 44.3 Å². The summed E-state index contributed by atoms with van der Waals surface area (Å²) in [6.45, 7) is 7.69. The van der Waals surface area contributed by atoms with Crippen LogP contribution in [-0.2, 0) is 22.6 Å². The lowest BCUT2D eigenvalue weighted by molar-refractivity contribution is -0.138. The van der Waals surface area contributed by atoms with Crippen LogP contribution in [0.3, 0.4) is 0 Å². The van der Waals surface area contributed by atoms with Crippen molar-refractivity contribution in [3.63, 3.8) is 0 Å². The zero-order valence-electron chi connectivity index (χ0n) is 16.7. The zero-order valence-corrected chi connectivity index (χ0v) is 17.5. The number of rotatable bonds is 5. The maximum Gasteiger partial charge on any atom is 0.410 e. The van der Waals surface area contributed by atoms with E-state index in [9.17, 15) is 9.59 Å². The van der Waals surface area contributed by atoms with Crippen molar-refractivity contribution in [3.8, 4) is 0 Å². The van der Waals surface area contributed by atoms with Gasteiger partial charge in [0.05, 0.1) is 19.4 Å². The molecule has 0 aliphatic carbocycles. The fourth-order valence-electron chi connectivity index (χ4n) is 3.29. The first-order chi connectivity index (χ1) is 13.3. The smallest absolute Gasteiger partial charge is 0.410 e. The van der Waals surface area contributed by atoms with Crippen LogP contribution in [0.2, 0.25) is 0 Å². The summed E-state index contributed by atoms with van der Waals surface area (Å²) in [6, 6.07) is 7.76. The average Bonchev–Trinajstić information content (AvgIpc) is 3.33. The molecule has 6 nitrogen and oxygen atoms in total. The van der Waals surface area contributed by atoms with Crippen molar-refractivity contribution in [2.24, 2.45) is 5.92 Å². The summed E-state index contributed by atoms with van der Waals surface area (Å²) >= 11 is 1.64. The molecular formula is C21H28N2O4S. The van der Waals surface area contributed by atoms with E-state index in [1.165, 1.54) is 0 Å². The molecular weight excluding hydrogens is 376 g/mol. The van der Waals surface area contributed by atoms with Gasteiger partial charge in [-0.1, -0.05) is 6.07 Å². The third-order valence-corrected chi connectivity index (χ3v) is 5.52. The molecule has 0 aromatic carbocycles. The average molecular weight is 405 g/mol. The Morgan fingerprint density at radius 3 is 2.54 bits per heavy atom. The van der Waals surface area contributed by atoms with Crippen molar-refractivity contribution in [1.29, 1.82) is 0 Å². The molecule has 2 amide bonds. The molecule has 7 heteroatoms. The van der Waals surface area contributed by atoms with E-state index in [4.69, 9.17) is 9.15 Å². The van der Waals surface area contributed by atoms with Gasteiger partial charge in [0, 0.05) is 23.9 Å². The molecule has 152 valence electrons. The van der Waals surface area contributed by atoms with Gasteiger partial charge < -0.3 is 19.0 Å². The lowest BCUT2D eigenvalue weighted by atomic mass is 9.95. The Bertz CT molecular complexity index is 721. The van der Waals surface area contributed by atoms with Gasteiger partial charge in [0.25, 0.3) is 0 Å². The molecule has 3 rings (SSSR count). The monoisotopic (exact) mass is 404 g/mol. The van der Waals surface area contributed by atoms with Gasteiger partial charge in [-0.15, -0.1) is 11.3 Å². The number of amides is 2. The Hall–Kier alpha value is -2.28. The van der Waals surface area contributed by atoms with Crippen LogP contribution in [0.25, 0.3) is 0 Å². The van der Waals surface area contributed by atoms with Gasteiger partial charge in [0.1, 0.15) is 11.4 Å². The van der Waals surface area contributed by atoms with Crippen molar-refractivity contribution in [3.05, 3.63) is 46.5 Å². The minimum atomic E-state index is -0.510. The lowest BCUT2D eigenvalue weighted by Gasteiger charge is -2.34. The fourth-order valence-corrected chi connectivity index (χ4v) is 4.01. The molecule has 1 aliphatic rings. The normalized spacial score (nSPS) is 15.5. The van der Waals surface area contributed by atoms with Gasteiger partial charge >= 0.3 is 6.09 Å². The predicted molar refractivity (Wildman–Crippen MR) is 108 cm³/mol. The van der Waals surface area contributed by atoms with Gasteiger partial charge in [-0.3, -0.25) is 4.79 Å². The van der Waals surface area contributed by atoms with Crippen LogP contribution in [0, 0.1) is 5.92 Å². The molecule has 0 unspecified atom stereocenters. The molecule has 1 saturated heterocycles. The first kappa shape index (κ1) is 20.5. The van der Waals surface area contributed by atoms with Gasteiger partial charge in [0.2, 0.25) is 5.91 Å². The molecule has 3 heterocycles. The van der Waals surface area contributed by atoms with Crippen molar-refractivity contribution < 1.29 is 18.7 Å². The van der Waals surface area contributed by atoms with E-state index >= 15 is 0 Å². The highest BCUT2D eigenvalue weighted by Gasteiger charge is 2.32. The van der Waals surface area contributed by atoms with Gasteiger partial charge in [0.15, 0.2) is 0 Å². The van der Waals surface area contributed by atoms with Gasteiger partial charge in [-0.05, 0) is 57.2 Å². The summed E-state index contributed by atoms with van der Waals surface area (Å²) in [5, 5.41) is 2.02. The molecule has 28 heavy (non-hydrogen) atoms. The zero-order chi connectivity index (χ0) is 20.1. The van der Waals surface area contributed by atoms with E-state index < -0.39 is 5.60 Å². The summed E-state index contributed by atoms with van der Waals surface area (Å²) in [5.74, 6) is 0.804. The first-order valence-corrected chi connectivity index (χ1v) is 10.5. The van der Waals surface area contributed by atoms with Crippen LogP contribution < -0.4 is 0 Å². The molecule has 0 N–H and O–H groups in total. The van der Waals surface area contributed by atoms with Crippen LogP contribution in [-0.4, -0.2) is 40.5 Å². The van der Waals surface area contributed by atoms with Crippen LogP contribution in [0.15, 0.2) is 40.3 Å². The second-order valence-corrected chi connectivity index (χ2v) is 9.13. The Balaban J connectivity index is 1.60. The minimum absolute atomic E-state index is 0.0892. The minimum Gasteiger partial charge on any atom is -0.467 e. The van der Waals surface area contributed by atoms with E-state index in [2.05, 4.69) is 0 Å². The standard InChI is InChI=1S/C21H28N2O4S/c1-21(2,3)27-20(25)22-10-8-16(9-11-22)19(24)23(14-17-6-4-12-26-17)15-18-7-5-13-28-18/h4-7,12-13,16H,8-11,14-15H2,1-3H3. The Morgan fingerprint density at radius 1 is 1.21 bits per heavy atom. The number of ether oxygens (including phenoxy) is 1. The Morgan fingerprint density at radius 2 is 1.96 bits per heavy atom. The molecule has 2 aromatic heterocycles. The molecule has 2 aromatic rings. The van der Waals surface area contributed by atoms with E-state index in [0.717, 1.165) is 10.6 Å². The van der Waals surface area contributed by atoms with Gasteiger partial charge in [-0.2, -0.15) is 0 Å². The SMILES string of the molecule is CC(C)(C)OC(=O)N1CCC(C(=O)N(Cc2ccco2)Cc2cccs2)CC1. The summed E-state index contributed by atoms with van der Waals surface area (Å²) in [5.41, 5.74) is -0.510. The lowest BCUT2D eigenvalue weighted by Crippen LogP contribution is -2.45. The topological polar surface area (TPSA) is 63.0 Å². The van der Waals surface area contributed by atoms with Crippen LogP contribution in [0.4, 0.5) is 4.79 Å². The Labute approximate surface area is 170 Å². The van der Waals surface area contributed by atoms with E-state index in [1.54, 1.807) is 22.5 Å². The van der Waals surface area contributed by atoms with Crippen LogP contribution in [0.5, 0.6) is 0 Å². The van der Waals surface area contributed by atoms with E-state index in [-0.39, 0.29) is 17.9 Å². The molecule has 1 aliphatic heterocycles. The molecule has 0 spiro atoms. The van der Waals surface area contributed by atoms with E-state index in [1.807, 2.05) is 55.3 Å². The van der Waals surface area contributed by atoms with Crippen LogP contribution >= 0.6 is 11.3 Å². The van der Waals surface area contributed by atoms with Gasteiger partial charge in [-0.25, -0.2) is 4.79 Å². The summed E-state index contributed by atoms with van der Waals surface area (Å²) in [4.78, 5) is 30.2. The highest BCUT2D eigenvalue weighted by Crippen LogP contribution is 2.24. The van der Waals surface area contributed by atoms with E-state index in [0.29, 0.717) is 39.0 Å². The largest absolute Gasteiger partial charge is 0.467 e. The molecule has 0 radical (unpaired) electrons. The second kappa shape index (κ2) is 8.82. The predicted octanol–water partition coefficient (Wildman–Crippen LogP) is 4.52.